The quantitative estimate of drug-likeness (QED) is 0.784. The fourth-order valence-corrected chi connectivity index (χ4v) is 3.20. The lowest BCUT2D eigenvalue weighted by Gasteiger charge is -2.30. The Morgan fingerprint density at radius 3 is 2.80 bits per heavy atom. The van der Waals surface area contributed by atoms with Crippen LogP contribution in [-0.4, -0.2) is 5.11 Å². The summed E-state index contributed by atoms with van der Waals surface area (Å²) in [6.45, 7) is 2.01. The van der Waals surface area contributed by atoms with E-state index in [1.54, 1.807) is 0 Å². The first-order chi connectivity index (χ1) is 9.54. The highest BCUT2D eigenvalue weighted by molar-refractivity contribution is 9.10. The highest BCUT2D eigenvalue weighted by Gasteiger charge is 2.29. The zero-order chi connectivity index (χ0) is 14.3. The molecule has 1 aliphatic rings. The SMILES string of the molecule is Cc1ccc2c(c1)[C@H](O)CC(c1cc(Cl)ccc1Br)O2. The predicted molar refractivity (Wildman–Crippen MR) is 83.3 cm³/mol. The molecule has 20 heavy (non-hydrogen) atoms. The number of hydrogen-bond donors (Lipinski definition) is 1. The lowest BCUT2D eigenvalue weighted by Crippen LogP contribution is -2.19. The summed E-state index contributed by atoms with van der Waals surface area (Å²) in [4.78, 5) is 0. The van der Waals surface area contributed by atoms with Gasteiger partial charge in [0.1, 0.15) is 11.9 Å². The summed E-state index contributed by atoms with van der Waals surface area (Å²) < 4.78 is 6.97. The van der Waals surface area contributed by atoms with Crippen molar-refractivity contribution >= 4 is 27.5 Å². The zero-order valence-corrected chi connectivity index (χ0v) is 13.3. The van der Waals surface area contributed by atoms with Gasteiger partial charge in [0.25, 0.3) is 0 Å². The van der Waals surface area contributed by atoms with Crippen LogP contribution in [0.2, 0.25) is 5.02 Å². The van der Waals surface area contributed by atoms with Crippen LogP contribution in [0.3, 0.4) is 0 Å². The molecule has 1 unspecified atom stereocenters. The van der Waals surface area contributed by atoms with E-state index in [4.69, 9.17) is 16.3 Å². The van der Waals surface area contributed by atoms with Gasteiger partial charge in [-0.25, -0.2) is 0 Å². The Bertz CT molecular complexity index is 657. The lowest BCUT2D eigenvalue weighted by molar-refractivity contribution is 0.0653. The van der Waals surface area contributed by atoms with Crippen LogP contribution in [0.15, 0.2) is 40.9 Å². The third-order valence-corrected chi connectivity index (χ3v) is 4.49. The molecule has 2 aromatic carbocycles. The van der Waals surface area contributed by atoms with E-state index in [-0.39, 0.29) is 6.10 Å². The first-order valence-electron chi connectivity index (χ1n) is 6.45. The number of ether oxygens (including phenoxy) is 1. The minimum atomic E-state index is -0.519. The molecule has 0 bridgehead atoms. The molecule has 0 aromatic heterocycles. The van der Waals surface area contributed by atoms with Crippen molar-refractivity contribution in [1.82, 2.24) is 0 Å². The van der Waals surface area contributed by atoms with Crippen LogP contribution in [0.1, 0.15) is 35.3 Å². The van der Waals surface area contributed by atoms with Crippen molar-refractivity contribution in [3.05, 3.63) is 62.6 Å². The van der Waals surface area contributed by atoms with Crippen LogP contribution in [-0.2, 0) is 0 Å². The van der Waals surface area contributed by atoms with Crippen LogP contribution in [0, 0.1) is 6.92 Å². The summed E-state index contributed by atoms with van der Waals surface area (Å²) in [5, 5.41) is 11.0. The van der Waals surface area contributed by atoms with Gasteiger partial charge in [0.15, 0.2) is 0 Å². The second-order valence-electron chi connectivity index (χ2n) is 5.07. The van der Waals surface area contributed by atoms with Crippen LogP contribution in [0.4, 0.5) is 0 Å². The molecular weight excluding hydrogens is 340 g/mol. The number of aliphatic hydroxyl groups is 1. The number of hydrogen-bond acceptors (Lipinski definition) is 2. The Balaban J connectivity index is 1.99. The summed E-state index contributed by atoms with van der Waals surface area (Å²) in [6, 6.07) is 11.5. The number of benzene rings is 2. The van der Waals surface area contributed by atoms with Crippen molar-refractivity contribution < 1.29 is 9.84 Å². The molecule has 0 saturated carbocycles. The number of aryl methyl sites for hydroxylation is 1. The normalized spacial score (nSPS) is 21.2. The molecule has 2 nitrogen and oxygen atoms in total. The molecule has 0 spiro atoms. The first kappa shape index (κ1) is 13.9. The fourth-order valence-electron chi connectivity index (χ4n) is 2.52. The summed E-state index contributed by atoms with van der Waals surface area (Å²) in [5.41, 5.74) is 2.94. The summed E-state index contributed by atoms with van der Waals surface area (Å²) >= 11 is 9.57. The van der Waals surface area contributed by atoms with Gasteiger partial charge in [0.05, 0.1) is 6.10 Å². The summed E-state index contributed by atoms with van der Waals surface area (Å²) in [7, 11) is 0. The number of rotatable bonds is 1. The van der Waals surface area contributed by atoms with Crippen LogP contribution in [0.25, 0.3) is 0 Å². The smallest absolute Gasteiger partial charge is 0.128 e. The molecular formula is C16H14BrClO2. The van der Waals surface area contributed by atoms with Crippen LogP contribution in [0.5, 0.6) is 5.75 Å². The molecule has 0 aliphatic carbocycles. The van der Waals surface area contributed by atoms with E-state index in [0.29, 0.717) is 11.4 Å². The van der Waals surface area contributed by atoms with Crippen molar-refractivity contribution in [3.63, 3.8) is 0 Å². The molecule has 2 atom stereocenters. The van der Waals surface area contributed by atoms with Gasteiger partial charge in [-0.15, -0.1) is 0 Å². The Kier molecular flexibility index (Phi) is 3.76. The Labute approximate surface area is 131 Å². The molecule has 3 rings (SSSR count). The van der Waals surface area contributed by atoms with E-state index in [9.17, 15) is 5.11 Å². The van der Waals surface area contributed by atoms with Gasteiger partial charge in [0, 0.05) is 27.0 Å². The standard InChI is InChI=1S/C16H14BrClO2/c1-9-2-5-15-12(6-9)14(19)8-16(20-15)11-7-10(18)3-4-13(11)17/h2-7,14,16,19H,8H2,1H3/t14-,16?/m1/s1. The first-order valence-corrected chi connectivity index (χ1v) is 7.62. The molecule has 1 aliphatic heterocycles. The molecule has 0 radical (unpaired) electrons. The van der Waals surface area contributed by atoms with Crippen LogP contribution < -0.4 is 4.74 Å². The molecule has 0 amide bonds. The van der Waals surface area contributed by atoms with Crippen molar-refractivity contribution in [1.29, 1.82) is 0 Å². The van der Waals surface area contributed by atoms with Crippen molar-refractivity contribution in [3.8, 4) is 5.75 Å². The average Bonchev–Trinajstić information content (AvgIpc) is 2.42. The van der Waals surface area contributed by atoms with Gasteiger partial charge in [-0.05, 0) is 37.3 Å². The number of halogens is 2. The molecule has 0 fully saturated rings. The Hall–Kier alpha value is -1.03. The molecule has 104 valence electrons. The van der Waals surface area contributed by atoms with E-state index in [2.05, 4.69) is 15.9 Å². The van der Waals surface area contributed by atoms with E-state index >= 15 is 0 Å². The van der Waals surface area contributed by atoms with Gasteiger partial charge < -0.3 is 9.84 Å². The molecule has 0 saturated heterocycles. The van der Waals surface area contributed by atoms with Gasteiger partial charge in [-0.2, -0.15) is 0 Å². The third-order valence-electron chi connectivity index (χ3n) is 3.54. The predicted octanol–water partition coefficient (Wildman–Crippen LogP) is 4.97. The van der Waals surface area contributed by atoms with E-state index < -0.39 is 6.10 Å². The monoisotopic (exact) mass is 352 g/mol. The van der Waals surface area contributed by atoms with Gasteiger partial charge >= 0.3 is 0 Å². The molecule has 1 N–H and O–H groups in total. The maximum absolute atomic E-state index is 10.3. The Morgan fingerprint density at radius 2 is 2.00 bits per heavy atom. The minimum absolute atomic E-state index is 0.201. The fraction of sp³-hybridized carbons (Fsp3) is 0.250. The van der Waals surface area contributed by atoms with Gasteiger partial charge in [-0.1, -0.05) is 39.2 Å². The second kappa shape index (κ2) is 5.40. The molecule has 1 heterocycles. The highest BCUT2D eigenvalue weighted by atomic mass is 79.9. The number of fused-ring (bicyclic) bond motifs is 1. The van der Waals surface area contributed by atoms with E-state index in [0.717, 1.165) is 26.9 Å². The van der Waals surface area contributed by atoms with Crippen molar-refractivity contribution in [2.24, 2.45) is 0 Å². The highest BCUT2D eigenvalue weighted by Crippen LogP contribution is 2.43. The van der Waals surface area contributed by atoms with Crippen LogP contribution >= 0.6 is 27.5 Å². The minimum Gasteiger partial charge on any atom is -0.485 e. The van der Waals surface area contributed by atoms with Gasteiger partial charge in [0.2, 0.25) is 0 Å². The topological polar surface area (TPSA) is 29.5 Å². The second-order valence-corrected chi connectivity index (χ2v) is 6.36. The van der Waals surface area contributed by atoms with E-state index in [1.807, 2.05) is 43.3 Å². The lowest BCUT2D eigenvalue weighted by atomic mass is 9.94. The number of aliphatic hydroxyl groups excluding tert-OH is 1. The van der Waals surface area contributed by atoms with E-state index in [1.165, 1.54) is 0 Å². The van der Waals surface area contributed by atoms with Gasteiger partial charge in [-0.3, -0.25) is 0 Å². The zero-order valence-electron chi connectivity index (χ0n) is 10.9. The summed E-state index contributed by atoms with van der Waals surface area (Å²) in [5.74, 6) is 0.742. The van der Waals surface area contributed by atoms with Crippen molar-refractivity contribution in [2.45, 2.75) is 25.6 Å². The average molecular weight is 354 g/mol. The summed E-state index contributed by atoms with van der Waals surface area (Å²) in [6.07, 6.45) is -0.196. The largest absolute Gasteiger partial charge is 0.485 e. The van der Waals surface area contributed by atoms with Crippen molar-refractivity contribution in [2.75, 3.05) is 0 Å². The Morgan fingerprint density at radius 1 is 1.20 bits per heavy atom. The molecule has 4 heteroatoms. The third kappa shape index (κ3) is 2.58. The maximum Gasteiger partial charge on any atom is 0.128 e. The molecule has 2 aromatic rings. The maximum atomic E-state index is 10.3.